The van der Waals surface area contributed by atoms with Crippen LogP contribution in [0.1, 0.15) is 30.5 Å². The van der Waals surface area contributed by atoms with E-state index in [4.69, 9.17) is 0 Å². The Morgan fingerprint density at radius 1 is 1.09 bits per heavy atom. The standard InChI is InChI=1S/C20H25NOS/c1-4-21(14-18-11-6-5-7-12-18)20(22)17(3)23-15-19-13-9-8-10-16(19)2/h5-13,17H,4,14-15H2,1-3H3. The minimum absolute atomic E-state index is 0.0294. The van der Waals surface area contributed by atoms with Gasteiger partial charge in [-0.1, -0.05) is 54.6 Å². The van der Waals surface area contributed by atoms with Crippen LogP contribution in [0, 0.1) is 6.92 Å². The number of nitrogens with zero attached hydrogens (tertiary/aromatic N) is 1. The molecule has 2 aromatic rings. The second-order valence-corrected chi connectivity index (χ2v) is 7.05. The van der Waals surface area contributed by atoms with E-state index in [2.05, 4.69) is 43.3 Å². The lowest BCUT2D eigenvalue weighted by atomic mass is 10.1. The Bertz CT molecular complexity index is 627. The van der Waals surface area contributed by atoms with Crippen LogP contribution in [0.3, 0.4) is 0 Å². The molecule has 1 atom stereocenters. The summed E-state index contributed by atoms with van der Waals surface area (Å²) in [4.78, 5) is 14.6. The summed E-state index contributed by atoms with van der Waals surface area (Å²) in [7, 11) is 0. The summed E-state index contributed by atoms with van der Waals surface area (Å²) in [5.41, 5.74) is 3.78. The monoisotopic (exact) mass is 327 g/mol. The Balaban J connectivity index is 1.93. The van der Waals surface area contributed by atoms with Crippen LogP contribution in [-0.2, 0) is 17.1 Å². The average molecular weight is 327 g/mol. The zero-order valence-corrected chi connectivity index (χ0v) is 15.0. The van der Waals surface area contributed by atoms with Gasteiger partial charge in [0.1, 0.15) is 0 Å². The van der Waals surface area contributed by atoms with E-state index >= 15 is 0 Å². The van der Waals surface area contributed by atoms with E-state index < -0.39 is 0 Å². The van der Waals surface area contributed by atoms with Gasteiger partial charge in [0, 0.05) is 18.8 Å². The summed E-state index contributed by atoms with van der Waals surface area (Å²) in [6.45, 7) is 7.60. The van der Waals surface area contributed by atoms with Crippen molar-refractivity contribution in [2.45, 2.75) is 38.3 Å². The van der Waals surface area contributed by atoms with Crippen molar-refractivity contribution < 1.29 is 4.79 Å². The average Bonchev–Trinajstić information content (AvgIpc) is 2.59. The number of rotatable bonds is 7. The van der Waals surface area contributed by atoms with Gasteiger partial charge in [-0.05, 0) is 37.5 Å². The van der Waals surface area contributed by atoms with Gasteiger partial charge >= 0.3 is 0 Å². The van der Waals surface area contributed by atoms with Gasteiger partial charge in [0.05, 0.1) is 5.25 Å². The summed E-state index contributed by atoms with van der Waals surface area (Å²) in [6, 6.07) is 18.6. The van der Waals surface area contributed by atoms with Crippen LogP contribution in [0.5, 0.6) is 0 Å². The molecule has 3 heteroatoms. The molecule has 23 heavy (non-hydrogen) atoms. The molecule has 1 unspecified atom stereocenters. The summed E-state index contributed by atoms with van der Waals surface area (Å²) in [5.74, 6) is 1.09. The van der Waals surface area contributed by atoms with E-state index in [0.717, 1.165) is 12.3 Å². The topological polar surface area (TPSA) is 20.3 Å². The van der Waals surface area contributed by atoms with Crippen LogP contribution in [0.4, 0.5) is 0 Å². The summed E-state index contributed by atoms with van der Waals surface area (Å²) in [5, 5.41) is -0.0294. The number of carbonyl (C=O) groups is 1. The molecule has 2 nitrogen and oxygen atoms in total. The molecule has 0 spiro atoms. The van der Waals surface area contributed by atoms with Gasteiger partial charge in [-0.15, -0.1) is 11.8 Å². The predicted octanol–water partition coefficient (Wildman–Crippen LogP) is 4.67. The molecule has 0 aliphatic carbocycles. The van der Waals surface area contributed by atoms with Crippen LogP contribution >= 0.6 is 11.8 Å². The fourth-order valence-electron chi connectivity index (χ4n) is 2.46. The van der Waals surface area contributed by atoms with Crippen molar-refractivity contribution in [1.29, 1.82) is 0 Å². The van der Waals surface area contributed by atoms with Crippen molar-refractivity contribution >= 4 is 17.7 Å². The Morgan fingerprint density at radius 3 is 2.39 bits per heavy atom. The lowest BCUT2D eigenvalue weighted by Gasteiger charge is -2.24. The molecular formula is C20H25NOS. The molecule has 1 amide bonds. The molecule has 0 aliphatic heterocycles. The zero-order valence-electron chi connectivity index (χ0n) is 14.2. The maximum atomic E-state index is 12.7. The third-order valence-electron chi connectivity index (χ3n) is 4.01. The molecule has 0 aliphatic rings. The molecule has 0 aromatic heterocycles. The molecular weight excluding hydrogens is 302 g/mol. The second kappa shape index (κ2) is 8.78. The number of amides is 1. The van der Waals surface area contributed by atoms with Gasteiger partial charge in [0.25, 0.3) is 0 Å². The molecule has 0 N–H and O–H groups in total. The number of aryl methyl sites for hydroxylation is 1. The van der Waals surface area contributed by atoms with E-state index in [1.165, 1.54) is 16.7 Å². The fourth-order valence-corrected chi connectivity index (χ4v) is 3.51. The van der Waals surface area contributed by atoms with Crippen LogP contribution in [0.25, 0.3) is 0 Å². The van der Waals surface area contributed by atoms with Crippen molar-refractivity contribution in [2.24, 2.45) is 0 Å². The highest BCUT2D eigenvalue weighted by Gasteiger charge is 2.20. The van der Waals surface area contributed by atoms with Gasteiger partial charge in [-0.25, -0.2) is 0 Å². The van der Waals surface area contributed by atoms with Gasteiger partial charge in [0.15, 0.2) is 0 Å². The summed E-state index contributed by atoms with van der Waals surface area (Å²) < 4.78 is 0. The molecule has 0 heterocycles. The third-order valence-corrected chi connectivity index (χ3v) is 5.19. The first kappa shape index (κ1) is 17.6. The van der Waals surface area contributed by atoms with Crippen LogP contribution in [0.15, 0.2) is 54.6 Å². The second-order valence-electron chi connectivity index (χ2n) is 5.72. The number of benzene rings is 2. The smallest absolute Gasteiger partial charge is 0.235 e. The van der Waals surface area contributed by atoms with Crippen LogP contribution < -0.4 is 0 Å². The highest BCUT2D eigenvalue weighted by atomic mass is 32.2. The molecule has 2 rings (SSSR count). The van der Waals surface area contributed by atoms with Crippen molar-refractivity contribution in [3.8, 4) is 0 Å². The first-order valence-electron chi connectivity index (χ1n) is 8.10. The SMILES string of the molecule is CCN(Cc1ccccc1)C(=O)C(C)SCc1ccccc1C. The number of thioether (sulfide) groups is 1. The molecule has 0 fully saturated rings. The van der Waals surface area contributed by atoms with Crippen LogP contribution in [0.2, 0.25) is 0 Å². The van der Waals surface area contributed by atoms with Gasteiger partial charge < -0.3 is 4.90 Å². The zero-order chi connectivity index (χ0) is 16.7. The molecule has 0 bridgehead atoms. The Labute approximate surface area is 143 Å². The van der Waals surface area contributed by atoms with Gasteiger partial charge in [-0.2, -0.15) is 0 Å². The van der Waals surface area contributed by atoms with E-state index in [9.17, 15) is 4.79 Å². The van der Waals surface area contributed by atoms with Crippen molar-refractivity contribution in [3.05, 3.63) is 71.3 Å². The highest BCUT2D eigenvalue weighted by molar-refractivity contribution is 7.99. The molecule has 2 aromatic carbocycles. The normalized spacial score (nSPS) is 12.0. The maximum Gasteiger partial charge on any atom is 0.235 e. The highest BCUT2D eigenvalue weighted by Crippen LogP contribution is 2.22. The third kappa shape index (κ3) is 5.14. The van der Waals surface area contributed by atoms with E-state index in [-0.39, 0.29) is 11.2 Å². The summed E-state index contributed by atoms with van der Waals surface area (Å²) >= 11 is 1.71. The molecule has 0 radical (unpaired) electrons. The predicted molar refractivity (Wildman–Crippen MR) is 99.5 cm³/mol. The molecule has 0 saturated carbocycles. The quantitative estimate of drug-likeness (QED) is 0.737. The van der Waals surface area contributed by atoms with E-state index in [1.54, 1.807) is 11.8 Å². The van der Waals surface area contributed by atoms with Crippen molar-refractivity contribution in [1.82, 2.24) is 4.90 Å². The maximum absolute atomic E-state index is 12.7. The first-order valence-corrected chi connectivity index (χ1v) is 9.15. The number of hydrogen-bond donors (Lipinski definition) is 0. The Kier molecular flexibility index (Phi) is 6.72. The lowest BCUT2D eigenvalue weighted by molar-refractivity contribution is -0.130. The molecule has 0 saturated heterocycles. The minimum Gasteiger partial charge on any atom is -0.338 e. The van der Waals surface area contributed by atoms with Crippen LogP contribution in [-0.4, -0.2) is 22.6 Å². The van der Waals surface area contributed by atoms with E-state index in [0.29, 0.717) is 6.54 Å². The van der Waals surface area contributed by atoms with E-state index in [1.807, 2.05) is 36.9 Å². The number of hydrogen-bond acceptors (Lipinski definition) is 2. The fraction of sp³-hybridized carbons (Fsp3) is 0.350. The van der Waals surface area contributed by atoms with Crippen molar-refractivity contribution in [3.63, 3.8) is 0 Å². The number of carbonyl (C=O) groups excluding carboxylic acids is 1. The Morgan fingerprint density at radius 2 is 1.74 bits per heavy atom. The van der Waals surface area contributed by atoms with Gasteiger partial charge in [0.2, 0.25) is 5.91 Å². The summed E-state index contributed by atoms with van der Waals surface area (Å²) in [6.07, 6.45) is 0. The van der Waals surface area contributed by atoms with Crippen molar-refractivity contribution in [2.75, 3.05) is 6.54 Å². The Hall–Kier alpha value is -1.74. The largest absolute Gasteiger partial charge is 0.338 e. The molecule has 122 valence electrons. The minimum atomic E-state index is -0.0294. The lowest BCUT2D eigenvalue weighted by Crippen LogP contribution is -2.36. The van der Waals surface area contributed by atoms with Gasteiger partial charge in [-0.3, -0.25) is 4.79 Å². The first-order chi connectivity index (χ1) is 11.1.